The fraction of sp³-hybridized carbons (Fsp3) is 0.600. The summed E-state index contributed by atoms with van der Waals surface area (Å²) in [6.07, 6.45) is 4.15. The molecule has 1 aromatic heterocycles. The zero-order chi connectivity index (χ0) is 14.1. The van der Waals surface area contributed by atoms with Crippen LogP contribution in [0.3, 0.4) is 0 Å². The Morgan fingerprint density at radius 3 is 2.95 bits per heavy atom. The number of fused-ring (bicyclic) bond motifs is 1. The molecule has 1 N–H and O–H groups in total. The highest BCUT2D eigenvalue weighted by Crippen LogP contribution is 2.25. The number of hydrogen-bond donors (Lipinski definition) is 1. The largest absolute Gasteiger partial charge is 0.373 e. The molecule has 0 spiro atoms. The third-order valence-electron chi connectivity index (χ3n) is 4.46. The third kappa shape index (κ3) is 2.38. The van der Waals surface area contributed by atoms with Crippen LogP contribution in [0.4, 0.5) is 5.82 Å². The first kappa shape index (κ1) is 13.4. The second kappa shape index (κ2) is 5.40. The van der Waals surface area contributed by atoms with Gasteiger partial charge in [0, 0.05) is 38.4 Å². The lowest BCUT2D eigenvalue weighted by Gasteiger charge is -2.42. The van der Waals surface area contributed by atoms with Crippen LogP contribution < -0.4 is 5.32 Å². The van der Waals surface area contributed by atoms with Gasteiger partial charge < -0.3 is 10.2 Å². The number of carbonyl (C=O) groups is 1. The van der Waals surface area contributed by atoms with E-state index in [1.54, 1.807) is 6.20 Å². The highest BCUT2D eigenvalue weighted by atomic mass is 16.2. The molecule has 0 saturated carbocycles. The van der Waals surface area contributed by atoms with E-state index < -0.39 is 0 Å². The van der Waals surface area contributed by atoms with E-state index in [-0.39, 0.29) is 11.9 Å². The molecule has 2 atom stereocenters. The van der Waals surface area contributed by atoms with Gasteiger partial charge in [-0.3, -0.25) is 9.69 Å². The summed E-state index contributed by atoms with van der Waals surface area (Å²) in [5, 5.41) is 2.97. The number of piperazine rings is 1. The SMILES string of the molecule is CNc1ccc(C(=O)N2CC3CCCN3CC2C)cn1. The van der Waals surface area contributed by atoms with Gasteiger partial charge in [0.2, 0.25) is 0 Å². The quantitative estimate of drug-likeness (QED) is 0.886. The van der Waals surface area contributed by atoms with Crippen LogP contribution in [0.25, 0.3) is 0 Å². The van der Waals surface area contributed by atoms with Gasteiger partial charge >= 0.3 is 0 Å². The van der Waals surface area contributed by atoms with Gasteiger partial charge in [0.25, 0.3) is 5.91 Å². The molecule has 20 heavy (non-hydrogen) atoms. The Morgan fingerprint density at radius 1 is 1.40 bits per heavy atom. The van der Waals surface area contributed by atoms with Gasteiger partial charge in [-0.2, -0.15) is 0 Å². The minimum atomic E-state index is 0.110. The van der Waals surface area contributed by atoms with Crippen molar-refractivity contribution in [2.24, 2.45) is 0 Å². The van der Waals surface area contributed by atoms with Crippen LogP contribution in [0.1, 0.15) is 30.1 Å². The summed E-state index contributed by atoms with van der Waals surface area (Å²) < 4.78 is 0. The van der Waals surface area contributed by atoms with Crippen LogP contribution in [-0.4, -0.2) is 59.5 Å². The Labute approximate surface area is 120 Å². The van der Waals surface area contributed by atoms with Crippen LogP contribution >= 0.6 is 0 Å². The van der Waals surface area contributed by atoms with Crippen molar-refractivity contribution in [3.63, 3.8) is 0 Å². The molecule has 2 aliphatic rings. The number of anilines is 1. The maximum absolute atomic E-state index is 12.6. The van der Waals surface area contributed by atoms with E-state index in [2.05, 4.69) is 22.1 Å². The number of nitrogens with zero attached hydrogens (tertiary/aromatic N) is 3. The normalized spacial score (nSPS) is 26.4. The van der Waals surface area contributed by atoms with Gasteiger partial charge in [-0.1, -0.05) is 0 Å². The summed E-state index contributed by atoms with van der Waals surface area (Å²) >= 11 is 0. The second-order valence-electron chi connectivity index (χ2n) is 5.78. The predicted molar refractivity (Wildman–Crippen MR) is 78.9 cm³/mol. The van der Waals surface area contributed by atoms with Crippen molar-refractivity contribution >= 4 is 11.7 Å². The maximum Gasteiger partial charge on any atom is 0.255 e. The molecule has 2 aliphatic heterocycles. The van der Waals surface area contributed by atoms with Gasteiger partial charge in [-0.05, 0) is 38.4 Å². The van der Waals surface area contributed by atoms with Crippen molar-refractivity contribution < 1.29 is 4.79 Å². The zero-order valence-electron chi connectivity index (χ0n) is 12.2. The molecule has 1 aromatic rings. The van der Waals surface area contributed by atoms with E-state index in [0.29, 0.717) is 11.6 Å². The fourth-order valence-electron chi connectivity index (χ4n) is 3.30. The number of pyridine rings is 1. The monoisotopic (exact) mass is 274 g/mol. The van der Waals surface area contributed by atoms with Gasteiger partial charge in [0.05, 0.1) is 5.56 Å². The first-order valence-corrected chi connectivity index (χ1v) is 7.38. The molecule has 2 unspecified atom stereocenters. The summed E-state index contributed by atoms with van der Waals surface area (Å²) in [6.45, 7) is 5.18. The highest BCUT2D eigenvalue weighted by Gasteiger charge is 2.36. The number of hydrogen-bond acceptors (Lipinski definition) is 4. The molecule has 3 heterocycles. The fourth-order valence-corrected chi connectivity index (χ4v) is 3.30. The summed E-state index contributed by atoms with van der Waals surface area (Å²) in [5.41, 5.74) is 0.683. The topological polar surface area (TPSA) is 48.5 Å². The lowest BCUT2D eigenvalue weighted by molar-refractivity contribution is 0.0395. The lowest BCUT2D eigenvalue weighted by Crippen LogP contribution is -2.56. The average molecular weight is 274 g/mol. The minimum absolute atomic E-state index is 0.110. The average Bonchev–Trinajstić information content (AvgIpc) is 2.93. The third-order valence-corrected chi connectivity index (χ3v) is 4.46. The molecule has 2 fully saturated rings. The van der Waals surface area contributed by atoms with Crippen molar-refractivity contribution in [2.45, 2.75) is 31.8 Å². The number of rotatable bonds is 2. The van der Waals surface area contributed by atoms with Gasteiger partial charge in [0.1, 0.15) is 5.82 Å². The van der Waals surface area contributed by atoms with Crippen LogP contribution in [0.15, 0.2) is 18.3 Å². The summed E-state index contributed by atoms with van der Waals surface area (Å²) in [5.74, 6) is 0.898. The minimum Gasteiger partial charge on any atom is -0.373 e. The first-order valence-electron chi connectivity index (χ1n) is 7.38. The standard InChI is InChI=1S/C15H22N4O/c1-11-9-18-7-3-4-13(18)10-19(11)15(20)12-5-6-14(16-2)17-8-12/h5-6,8,11,13H,3-4,7,9-10H2,1-2H3,(H,16,17). The molecule has 2 saturated heterocycles. The van der Waals surface area contributed by atoms with Crippen molar-refractivity contribution in [3.8, 4) is 0 Å². The summed E-state index contributed by atoms with van der Waals surface area (Å²) in [6, 6.07) is 4.54. The Balaban J connectivity index is 1.75. The van der Waals surface area contributed by atoms with E-state index in [9.17, 15) is 4.79 Å². The van der Waals surface area contributed by atoms with E-state index >= 15 is 0 Å². The number of nitrogens with one attached hydrogen (secondary N) is 1. The number of aromatic nitrogens is 1. The zero-order valence-corrected chi connectivity index (χ0v) is 12.2. The second-order valence-corrected chi connectivity index (χ2v) is 5.78. The Hall–Kier alpha value is -1.62. The number of amides is 1. The van der Waals surface area contributed by atoms with Crippen LogP contribution in [0.2, 0.25) is 0 Å². The van der Waals surface area contributed by atoms with Crippen LogP contribution in [0.5, 0.6) is 0 Å². The Kier molecular flexibility index (Phi) is 3.61. The predicted octanol–water partition coefficient (Wildman–Crippen LogP) is 1.43. The van der Waals surface area contributed by atoms with Crippen molar-refractivity contribution in [1.29, 1.82) is 0 Å². The molecule has 5 nitrogen and oxygen atoms in total. The number of carbonyl (C=O) groups excluding carboxylic acids is 1. The van der Waals surface area contributed by atoms with Gasteiger partial charge in [-0.15, -0.1) is 0 Å². The van der Waals surface area contributed by atoms with Crippen LogP contribution in [-0.2, 0) is 0 Å². The van der Waals surface area contributed by atoms with Crippen molar-refractivity contribution in [2.75, 3.05) is 32.0 Å². The molecule has 0 aliphatic carbocycles. The lowest BCUT2D eigenvalue weighted by atomic mass is 10.1. The summed E-state index contributed by atoms with van der Waals surface area (Å²) in [7, 11) is 1.82. The molecule has 3 rings (SSSR count). The van der Waals surface area contributed by atoms with E-state index in [0.717, 1.165) is 18.9 Å². The summed E-state index contributed by atoms with van der Waals surface area (Å²) in [4.78, 5) is 21.4. The van der Waals surface area contributed by atoms with Gasteiger partial charge in [0.15, 0.2) is 0 Å². The Bertz CT molecular complexity index is 487. The Morgan fingerprint density at radius 2 is 2.25 bits per heavy atom. The smallest absolute Gasteiger partial charge is 0.255 e. The molecular formula is C15H22N4O. The van der Waals surface area contributed by atoms with Crippen molar-refractivity contribution in [1.82, 2.24) is 14.8 Å². The molecule has 1 amide bonds. The highest BCUT2D eigenvalue weighted by molar-refractivity contribution is 5.94. The van der Waals surface area contributed by atoms with Crippen molar-refractivity contribution in [3.05, 3.63) is 23.9 Å². The first-order chi connectivity index (χ1) is 9.69. The molecular weight excluding hydrogens is 252 g/mol. The van der Waals surface area contributed by atoms with Gasteiger partial charge in [-0.25, -0.2) is 4.98 Å². The molecule has 0 aromatic carbocycles. The van der Waals surface area contributed by atoms with E-state index in [1.807, 2.05) is 24.1 Å². The molecule has 0 bridgehead atoms. The molecule has 0 radical (unpaired) electrons. The van der Waals surface area contributed by atoms with E-state index in [4.69, 9.17) is 0 Å². The van der Waals surface area contributed by atoms with E-state index in [1.165, 1.54) is 19.4 Å². The maximum atomic E-state index is 12.6. The molecule has 5 heteroatoms. The molecule has 108 valence electrons. The van der Waals surface area contributed by atoms with Crippen LogP contribution in [0, 0.1) is 0 Å².